The Morgan fingerprint density at radius 3 is 2.61 bits per heavy atom. The van der Waals surface area contributed by atoms with E-state index in [1.165, 1.54) is 47.2 Å². The number of nitrogens with zero attached hydrogens (tertiary/aromatic N) is 1. The highest BCUT2D eigenvalue weighted by molar-refractivity contribution is 5.99. The van der Waals surface area contributed by atoms with E-state index in [4.69, 9.17) is 4.99 Å². The number of dihydropyridines is 1. The van der Waals surface area contributed by atoms with Crippen molar-refractivity contribution in [3.05, 3.63) is 83.0 Å². The number of rotatable bonds is 4. The Hall–Kier alpha value is -2.19. The Bertz CT molecular complexity index is 784. The predicted molar refractivity (Wildman–Crippen MR) is 122 cm³/mol. The molecule has 0 saturated carbocycles. The zero-order valence-electron chi connectivity index (χ0n) is 17.6. The highest BCUT2D eigenvalue weighted by atomic mass is 14.9. The van der Waals surface area contributed by atoms with Crippen LogP contribution in [0.2, 0.25) is 0 Å². The van der Waals surface area contributed by atoms with Gasteiger partial charge in [0.05, 0.1) is 6.04 Å². The average Bonchev–Trinajstić information content (AvgIpc) is 2.98. The van der Waals surface area contributed by atoms with Crippen LogP contribution in [0, 0.1) is 6.92 Å². The lowest BCUT2D eigenvalue weighted by molar-refractivity contribution is 0.399. The number of allylic oxidation sites excluding steroid dienone is 5. The molecular weight excluding hydrogens is 340 g/mol. The zero-order valence-corrected chi connectivity index (χ0v) is 17.6. The minimum absolute atomic E-state index is 0.161. The number of aliphatic imine (C=N–C) groups is 1. The number of hydrogen-bond donors (Lipinski definition) is 1. The lowest BCUT2D eigenvalue weighted by Crippen LogP contribution is -2.35. The molecule has 2 nitrogen and oxygen atoms in total. The van der Waals surface area contributed by atoms with Crippen LogP contribution in [0.1, 0.15) is 50.7 Å². The van der Waals surface area contributed by atoms with Crippen LogP contribution in [0.3, 0.4) is 0 Å². The molecule has 0 bridgehead atoms. The fourth-order valence-electron chi connectivity index (χ4n) is 4.06. The minimum atomic E-state index is 0.161. The SMILES string of the molecule is CC.Cc1ccc(CC2=NC3C=CC=CC=C3C(CC3CCCCN3)=C2)cc1. The van der Waals surface area contributed by atoms with Crippen LogP contribution in [-0.2, 0) is 6.42 Å². The van der Waals surface area contributed by atoms with E-state index in [2.05, 4.69) is 73.0 Å². The Kier molecular flexibility index (Phi) is 7.62. The maximum absolute atomic E-state index is 5.05. The van der Waals surface area contributed by atoms with Crippen LogP contribution in [0.25, 0.3) is 0 Å². The van der Waals surface area contributed by atoms with Crippen LogP contribution in [-0.4, -0.2) is 24.3 Å². The van der Waals surface area contributed by atoms with Crippen molar-refractivity contribution >= 4 is 5.71 Å². The molecule has 28 heavy (non-hydrogen) atoms. The van der Waals surface area contributed by atoms with E-state index in [9.17, 15) is 0 Å². The lowest BCUT2D eigenvalue weighted by atomic mass is 9.86. The molecule has 2 heterocycles. The first-order valence-electron chi connectivity index (χ1n) is 10.9. The summed E-state index contributed by atoms with van der Waals surface area (Å²) in [5, 5.41) is 3.70. The minimum Gasteiger partial charge on any atom is -0.314 e. The van der Waals surface area contributed by atoms with Gasteiger partial charge in [0, 0.05) is 18.2 Å². The lowest BCUT2D eigenvalue weighted by Gasteiger charge is -2.28. The molecule has 1 saturated heterocycles. The Labute approximate surface area is 170 Å². The fourth-order valence-corrected chi connectivity index (χ4v) is 4.06. The van der Waals surface area contributed by atoms with E-state index < -0.39 is 0 Å². The van der Waals surface area contributed by atoms with Gasteiger partial charge in [0.25, 0.3) is 0 Å². The second kappa shape index (κ2) is 10.4. The first-order chi connectivity index (χ1) is 13.8. The topological polar surface area (TPSA) is 24.4 Å². The van der Waals surface area contributed by atoms with Gasteiger partial charge in [0.15, 0.2) is 0 Å². The highest BCUT2D eigenvalue weighted by Crippen LogP contribution is 2.30. The van der Waals surface area contributed by atoms with Crippen molar-refractivity contribution in [2.75, 3.05) is 6.54 Å². The van der Waals surface area contributed by atoms with Crippen LogP contribution < -0.4 is 5.32 Å². The summed E-state index contributed by atoms with van der Waals surface area (Å²) < 4.78 is 0. The Morgan fingerprint density at radius 2 is 1.86 bits per heavy atom. The number of hydrogen-bond acceptors (Lipinski definition) is 2. The summed E-state index contributed by atoms with van der Waals surface area (Å²) in [7, 11) is 0. The van der Waals surface area contributed by atoms with Crippen molar-refractivity contribution in [2.45, 2.75) is 65.0 Å². The smallest absolute Gasteiger partial charge is 0.0939 e. The molecule has 4 rings (SSSR count). The molecule has 148 valence electrons. The molecule has 1 aromatic rings. The van der Waals surface area contributed by atoms with Crippen LogP contribution in [0.5, 0.6) is 0 Å². The molecule has 1 fully saturated rings. The van der Waals surface area contributed by atoms with Crippen molar-refractivity contribution in [3.8, 4) is 0 Å². The number of aryl methyl sites for hydroxylation is 1. The van der Waals surface area contributed by atoms with Gasteiger partial charge >= 0.3 is 0 Å². The molecule has 0 amide bonds. The van der Waals surface area contributed by atoms with Crippen molar-refractivity contribution in [1.82, 2.24) is 5.32 Å². The second-order valence-electron chi connectivity index (χ2n) is 7.64. The molecule has 2 heteroatoms. The normalized spacial score (nSPS) is 23.5. The van der Waals surface area contributed by atoms with E-state index in [1.54, 1.807) is 0 Å². The number of fused-ring (bicyclic) bond motifs is 1. The summed E-state index contributed by atoms with van der Waals surface area (Å²) in [5.74, 6) is 0. The first kappa shape index (κ1) is 20.5. The molecule has 0 spiro atoms. The summed E-state index contributed by atoms with van der Waals surface area (Å²) in [6.07, 6.45) is 19.2. The maximum Gasteiger partial charge on any atom is 0.0939 e. The average molecular weight is 375 g/mol. The van der Waals surface area contributed by atoms with Crippen LogP contribution in [0.15, 0.2) is 76.9 Å². The molecule has 0 aromatic heterocycles. The molecule has 1 aliphatic carbocycles. The third-order valence-electron chi connectivity index (χ3n) is 5.51. The van der Waals surface area contributed by atoms with Crippen molar-refractivity contribution < 1.29 is 0 Å². The van der Waals surface area contributed by atoms with Gasteiger partial charge in [-0.3, -0.25) is 4.99 Å². The first-order valence-corrected chi connectivity index (χ1v) is 10.9. The van der Waals surface area contributed by atoms with Crippen molar-refractivity contribution in [3.63, 3.8) is 0 Å². The fraction of sp³-hybridized carbons (Fsp3) is 0.423. The molecule has 2 atom stereocenters. The largest absolute Gasteiger partial charge is 0.314 e. The van der Waals surface area contributed by atoms with Gasteiger partial charge in [-0.05, 0) is 55.5 Å². The van der Waals surface area contributed by atoms with Gasteiger partial charge in [-0.1, -0.05) is 80.5 Å². The van der Waals surface area contributed by atoms with Gasteiger partial charge in [0.2, 0.25) is 0 Å². The van der Waals surface area contributed by atoms with Crippen LogP contribution >= 0.6 is 0 Å². The quantitative estimate of drug-likeness (QED) is 0.697. The van der Waals surface area contributed by atoms with Gasteiger partial charge in [-0.25, -0.2) is 0 Å². The summed E-state index contributed by atoms with van der Waals surface area (Å²) >= 11 is 0. The Morgan fingerprint density at radius 1 is 1.04 bits per heavy atom. The summed E-state index contributed by atoms with van der Waals surface area (Å²) in [5.41, 5.74) is 6.68. The predicted octanol–water partition coefficient (Wildman–Crippen LogP) is 5.90. The van der Waals surface area contributed by atoms with E-state index in [-0.39, 0.29) is 6.04 Å². The van der Waals surface area contributed by atoms with E-state index in [0.717, 1.165) is 19.4 Å². The molecule has 0 radical (unpaired) electrons. The van der Waals surface area contributed by atoms with Gasteiger partial charge in [0.1, 0.15) is 0 Å². The third-order valence-corrected chi connectivity index (χ3v) is 5.51. The van der Waals surface area contributed by atoms with Gasteiger partial charge < -0.3 is 5.32 Å². The molecule has 2 unspecified atom stereocenters. The van der Waals surface area contributed by atoms with Gasteiger partial charge in [-0.15, -0.1) is 0 Å². The maximum atomic E-state index is 5.05. The number of nitrogens with one attached hydrogen (secondary N) is 1. The summed E-state index contributed by atoms with van der Waals surface area (Å²) in [6.45, 7) is 7.29. The molecule has 2 aliphatic heterocycles. The number of piperidine rings is 1. The van der Waals surface area contributed by atoms with Gasteiger partial charge in [-0.2, -0.15) is 0 Å². The molecule has 3 aliphatic rings. The van der Waals surface area contributed by atoms with Crippen molar-refractivity contribution in [1.29, 1.82) is 0 Å². The highest BCUT2D eigenvalue weighted by Gasteiger charge is 2.24. The third kappa shape index (κ3) is 5.42. The molecule has 1 aromatic carbocycles. The Balaban J connectivity index is 0.00000109. The monoisotopic (exact) mass is 374 g/mol. The van der Waals surface area contributed by atoms with E-state index >= 15 is 0 Å². The summed E-state index contributed by atoms with van der Waals surface area (Å²) in [6, 6.07) is 9.60. The number of benzene rings is 1. The van der Waals surface area contributed by atoms with E-state index in [0.29, 0.717) is 6.04 Å². The summed E-state index contributed by atoms with van der Waals surface area (Å²) in [4.78, 5) is 5.05. The zero-order chi connectivity index (χ0) is 19.8. The van der Waals surface area contributed by atoms with E-state index in [1.807, 2.05) is 13.8 Å². The molecule has 1 N–H and O–H groups in total. The van der Waals surface area contributed by atoms with Crippen LogP contribution in [0.4, 0.5) is 0 Å². The molecular formula is C26H34N2. The standard InChI is InChI=1S/C24H28N2.C2H6/c1-18-10-12-19(13-11-18)15-22-17-20(16-21-7-5-6-14-25-21)23-8-3-2-4-9-24(23)26-22;1-2/h2-4,8-13,17,21,24-25H,5-7,14-16H2,1H3;1-2H3. The van der Waals surface area contributed by atoms with Crippen molar-refractivity contribution in [2.24, 2.45) is 4.99 Å². The second-order valence-corrected chi connectivity index (χ2v) is 7.64.